The molecule has 0 bridgehead atoms. The van der Waals surface area contributed by atoms with Crippen LogP contribution in [0.2, 0.25) is 0 Å². The van der Waals surface area contributed by atoms with E-state index in [0.717, 1.165) is 45.6 Å². The summed E-state index contributed by atoms with van der Waals surface area (Å²) in [5.41, 5.74) is 3.11. The van der Waals surface area contributed by atoms with Crippen molar-refractivity contribution in [3.8, 4) is 0 Å². The Bertz CT molecular complexity index is 802. The van der Waals surface area contributed by atoms with E-state index in [1.54, 1.807) is 0 Å². The summed E-state index contributed by atoms with van der Waals surface area (Å²) < 4.78 is 5.20. The number of aromatic nitrogens is 1. The standard InChI is InChI=1S/C23H31N3O2/c1-4-25-15-20(19-8-6-5-7-9-19)14-23(16-25)10-12-26(13-11-23)22(27)21-17(2)24-28-18(21)3/h5-9,20H,4,10-16H2,1-3H3. The fourth-order valence-corrected chi connectivity index (χ4v) is 5.18. The van der Waals surface area contributed by atoms with Crippen molar-refractivity contribution in [1.82, 2.24) is 15.0 Å². The molecule has 28 heavy (non-hydrogen) atoms. The molecule has 0 saturated carbocycles. The Kier molecular flexibility index (Phi) is 5.28. The number of benzene rings is 1. The zero-order chi connectivity index (χ0) is 19.7. The Labute approximate surface area is 167 Å². The Morgan fingerprint density at radius 2 is 1.93 bits per heavy atom. The zero-order valence-corrected chi connectivity index (χ0v) is 17.3. The average molecular weight is 382 g/mol. The number of piperidine rings is 2. The van der Waals surface area contributed by atoms with Crippen molar-refractivity contribution in [3.05, 3.63) is 52.9 Å². The maximum atomic E-state index is 13.0. The van der Waals surface area contributed by atoms with Crippen molar-refractivity contribution < 1.29 is 9.32 Å². The smallest absolute Gasteiger partial charge is 0.259 e. The van der Waals surface area contributed by atoms with Crippen LogP contribution in [0.1, 0.15) is 59.5 Å². The molecular formula is C23H31N3O2. The monoisotopic (exact) mass is 381 g/mol. The maximum absolute atomic E-state index is 13.0. The summed E-state index contributed by atoms with van der Waals surface area (Å²) in [6, 6.07) is 10.9. The molecule has 2 aliphatic rings. The van der Waals surface area contributed by atoms with Crippen LogP contribution in [0.3, 0.4) is 0 Å². The van der Waals surface area contributed by atoms with Gasteiger partial charge in [0.15, 0.2) is 0 Å². The Hall–Kier alpha value is -2.14. The second kappa shape index (κ2) is 7.70. The normalized spacial score (nSPS) is 22.5. The molecular weight excluding hydrogens is 350 g/mol. The number of likely N-dealkylation sites (N-methyl/N-ethyl adjacent to an activating group) is 1. The van der Waals surface area contributed by atoms with Crippen molar-refractivity contribution in [1.29, 1.82) is 0 Å². The lowest BCUT2D eigenvalue weighted by Crippen LogP contribution is -2.52. The Morgan fingerprint density at radius 3 is 2.54 bits per heavy atom. The first-order valence-electron chi connectivity index (χ1n) is 10.5. The lowest BCUT2D eigenvalue weighted by molar-refractivity contribution is 0.0157. The van der Waals surface area contributed by atoms with Gasteiger partial charge in [-0.25, -0.2) is 0 Å². The van der Waals surface area contributed by atoms with Crippen molar-refractivity contribution in [2.75, 3.05) is 32.7 Å². The van der Waals surface area contributed by atoms with E-state index in [9.17, 15) is 4.79 Å². The van der Waals surface area contributed by atoms with E-state index in [0.29, 0.717) is 28.4 Å². The summed E-state index contributed by atoms with van der Waals surface area (Å²) in [6.07, 6.45) is 3.37. The van der Waals surface area contributed by atoms with Crippen molar-refractivity contribution in [3.63, 3.8) is 0 Å². The van der Waals surface area contributed by atoms with Crippen LogP contribution < -0.4 is 0 Å². The molecule has 5 heteroatoms. The number of amides is 1. The summed E-state index contributed by atoms with van der Waals surface area (Å²) in [4.78, 5) is 17.6. The van der Waals surface area contributed by atoms with Crippen LogP contribution in [0.15, 0.2) is 34.9 Å². The number of carbonyl (C=O) groups is 1. The van der Waals surface area contributed by atoms with E-state index in [2.05, 4.69) is 47.3 Å². The second-order valence-electron chi connectivity index (χ2n) is 8.63. The predicted molar refractivity (Wildman–Crippen MR) is 109 cm³/mol. The number of aryl methyl sites for hydroxylation is 2. The highest BCUT2D eigenvalue weighted by Crippen LogP contribution is 2.45. The molecule has 0 aliphatic carbocycles. The van der Waals surface area contributed by atoms with Crippen molar-refractivity contribution in [2.24, 2.45) is 5.41 Å². The molecule has 0 radical (unpaired) electrons. The van der Waals surface area contributed by atoms with Gasteiger partial charge in [0.05, 0.1) is 5.69 Å². The second-order valence-corrected chi connectivity index (χ2v) is 8.63. The zero-order valence-electron chi connectivity index (χ0n) is 17.3. The minimum Gasteiger partial charge on any atom is -0.361 e. The van der Waals surface area contributed by atoms with Gasteiger partial charge in [-0.15, -0.1) is 0 Å². The van der Waals surface area contributed by atoms with Crippen LogP contribution in [0.4, 0.5) is 0 Å². The van der Waals surface area contributed by atoms with E-state index in [1.807, 2.05) is 18.7 Å². The van der Waals surface area contributed by atoms with Crippen molar-refractivity contribution >= 4 is 5.91 Å². The van der Waals surface area contributed by atoms with Gasteiger partial charge in [-0.2, -0.15) is 0 Å². The third-order valence-electron chi connectivity index (χ3n) is 6.79. The third-order valence-corrected chi connectivity index (χ3v) is 6.79. The van der Waals surface area contributed by atoms with E-state index in [4.69, 9.17) is 4.52 Å². The molecule has 2 saturated heterocycles. The topological polar surface area (TPSA) is 49.6 Å². The maximum Gasteiger partial charge on any atom is 0.259 e. The van der Waals surface area contributed by atoms with E-state index in [-0.39, 0.29) is 5.91 Å². The molecule has 1 aromatic carbocycles. The minimum absolute atomic E-state index is 0.0777. The van der Waals surface area contributed by atoms with Crippen LogP contribution in [0.5, 0.6) is 0 Å². The van der Waals surface area contributed by atoms with Crippen LogP contribution in [0.25, 0.3) is 0 Å². The van der Waals surface area contributed by atoms with E-state index in [1.165, 1.54) is 12.0 Å². The summed E-state index contributed by atoms with van der Waals surface area (Å²) >= 11 is 0. The molecule has 0 N–H and O–H groups in total. The van der Waals surface area contributed by atoms with Gasteiger partial charge in [-0.05, 0) is 56.6 Å². The van der Waals surface area contributed by atoms with Gasteiger partial charge in [-0.1, -0.05) is 42.4 Å². The molecule has 1 unspecified atom stereocenters. The van der Waals surface area contributed by atoms with E-state index < -0.39 is 0 Å². The van der Waals surface area contributed by atoms with Gasteiger partial charge in [0.2, 0.25) is 0 Å². The quantitative estimate of drug-likeness (QED) is 0.806. The highest BCUT2D eigenvalue weighted by molar-refractivity contribution is 5.96. The van der Waals surface area contributed by atoms with Crippen molar-refractivity contribution in [2.45, 2.75) is 46.0 Å². The van der Waals surface area contributed by atoms with Gasteiger partial charge in [0, 0.05) is 26.2 Å². The number of rotatable bonds is 3. The van der Waals surface area contributed by atoms with Crippen LogP contribution in [-0.2, 0) is 0 Å². The molecule has 1 spiro atoms. The predicted octanol–water partition coefficient (Wildman–Crippen LogP) is 4.02. The van der Waals surface area contributed by atoms with Gasteiger partial charge < -0.3 is 14.3 Å². The first-order chi connectivity index (χ1) is 13.5. The molecule has 2 fully saturated rings. The number of hydrogen-bond donors (Lipinski definition) is 0. The molecule has 5 nitrogen and oxygen atoms in total. The van der Waals surface area contributed by atoms with E-state index >= 15 is 0 Å². The van der Waals surface area contributed by atoms with Crippen LogP contribution in [0, 0.1) is 19.3 Å². The minimum atomic E-state index is 0.0777. The first kappa shape index (κ1) is 19.2. The highest BCUT2D eigenvalue weighted by atomic mass is 16.5. The molecule has 2 aliphatic heterocycles. The molecule has 4 rings (SSSR count). The Morgan fingerprint density at radius 1 is 1.21 bits per heavy atom. The molecule has 1 aromatic heterocycles. The lowest BCUT2D eigenvalue weighted by atomic mass is 9.68. The van der Waals surface area contributed by atoms with Gasteiger partial charge in [-0.3, -0.25) is 4.79 Å². The summed E-state index contributed by atoms with van der Waals surface area (Å²) in [5, 5.41) is 3.95. The first-order valence-corrected chi connectivity index (χ1v) is 10.5. The molecule has 1 amide bonds. The van der Waals surface area contributed by atoms with Crippen LogP contribution >= 0.6 is 0 Å². The van der Waals surface area contributed by atoms with Gasteiger partial charge in [0.25, 0.3) is 5.91 Å². The fraction of sp³-hybridized carbons (Fsp3) is 0.565. The lowest BCUT2D eigenvalue weighted by Gasteiger charge is -2.50. The third kappa shape index (κ3) is 3.60. The Balaban J connectivity index is 1.48. The number of hydrogen-bond acceptors (Lipinski definition) is 4. The largest absolute Gasteiger partial charge is 0.361 e. The molecule has 3 heterocycles. The summed E-state index contributed by atoms with van der Waals surface area (Å²) in [5.74, 6) is 1.29. The fourth-order valence-electron chi connectivity index (χ4n) is 5.18. The number of carbonyl (C=O) groups excluding carboxylic acids is 1. The SMILES string of the molecule is CCN1CC(c2ccccc2)CC2(CCN(C(=O)c3c(C)noc3C)CC2)C1. The van der Waals surface area contributed by atoms with Gasteiger partial charge >= 0.3 is 0 Å². The average Bonchev–Trinajstić information content (AvgIpc) is 3.06. The molecule has 150 valence electrons. The summed E-state index contributed by atoms with van der Waals surface area (Å²) in [7, 11) is 0. The molecule has 1 atom stereocenters. The number of nitrogens with zero attached hydrogens (tertiary/aromatic N) is 3. The van der Waals surface area contributed by atoms with Crippen LogP contribution in [-0.4, -0.2) is 53.6 Å². The summed E-state index contributed by atoms with van der Waals surface area (Å²) in [6.45, 7) is 11.0. The molecule has 2 aromatic rings. The van der Waals surface area contributed by atoms with Gasteiger partial charge in [0.1, 0.15) is 11.3 Å². The number of likely N-dealkylation sites (tertiary alicyclic amines) is 2. The highest BCUT2D eigenvalue weighted by Gasteiger charge is 2.43.